The van der Waals surface area contributed by atoms with Crippen LogP contribution in [0.15, 0.2) is 58.7 Å². The van der Waals surface area contributed by atoms with Crippen LogP contribution in [0.2, 0.25) is 0 Å². The van der Waals surface area contributed by atoms with Gasteiger partial charge in [-0.15, -0.1) is 0 Å². The average molecular weight is 554 g/mol. The van der Waals surface area contributed by atoms with Crippen molar-refractivity contribution in [2.75, 3.05) is 7.05 Å². The average Bonchev–Trinajstić information content (AvgIpc) is 2.83. The van der Waals surface area contributed by atoms with Crippen LogP contribution in [0.25, 0.3) is 10.4 Å². The Kier molecular flexibility index (Phi) is 10.6. The highest BCUT2D eigenvalue weighted by molar-refractivity contribution is 8.04. The molecule has 36 heavy (non-hydrogen) atoms. The molecule has 0 saturated carbocycles. The molecule has 2 aromatic carbocycles. The van der Waals surface area contributed by atoms with E-state index in [0.29, 0.717) is 29.9 Å². The van der Waals surface area contributed by atoms with E-state index in [1.807, 2.05) is 40.0 Å². The molecule has 0 spiro atoms. The van der Waals surface area contributed by atoms with Crippen molar-refractivity contribution >= 4 is 32.5 Å². The van der Waals surface area contributed by atoms with Crippen LogP contribution in [0.3, 0.4) is 0 Å². The molecule has 0 aliphatic carbocycles. The Morgan fingerprint density at radius 1 is 1.08 bits per heavy atom. The van der Waals surface area contributed by atoms with Gasteiger partial charge in [-0.05, 0) is 84.9 Å². The first kappa shape index (κ1) is 29.8. The molecular weight excluding hydrogens is 520 g/mol. The van der Waals surface area contributed by atoms with E-state index in [-0.39, 0.29) is 6.16 Å². The molecule has 0 radical (unpaired) electrons. The predicted octanol–water partition coefficient (Wildman–Crippen LogP) is 6.24. The third-order valence-electron chi connectivity index (χ3n) is 5.59. The molecule has 0 bridgehead atoms. The summed E-state index contributed by atoms with van der Waals surface area (Å²) in [5, 5.41) is 7.60. The first-order chi connectivity index (χ1) is 16.8. The first-order valence-electron chi connectivity index (χ1n) is 11.3. The summed E-state index contributed by atoms with van der Waals surface area (Å²) >= 11 is 5.85. The van der Waals surface area contributed by atoms with E-state index in [1.165, 1.54) is 0 Å². The number of hydrogen-bond acceptors (Lipinski definition) is 6. The maximum absolute atomic E-state index is 11.2. The van der Waals surface area contributed by atoms with Crippen LogP contribution < -0.4 is 9.47 Å². The van der Waals surface area contributed by atoms with Gasteiger partial charge in [0.2, 0.25) is 0 Å². The number of benzene rings is 2. The lowest BCUT2D eigenvalue weighted by Gasteiger charge is -2.34. The van der Waals surface area contributed by atoms with Crippen LogP contribution in [0, 0.1) is 0 Å². The van der Waals surface area contributed by atoms with E-state index >= 15 is 0 Å². The highest BCUT2D eigenvalue weighted by Crippen LogP contribution is 2.46. The summed E-state index contributed by atoms with van der Waals surface area (Å²) in [6.45, 7) is 5.86. The largest absolute Gasteiger partial charge is 0.481 e. The van der Waals surface area contributed by atoms with Gasteiger partial charge in [0.15, 0.2) is 5.72 Å². The Bertz CT molecular complexity index is 1170. The van der Waals surface area contributed by atoms with Crippen LogP contribution in [0.1, 0.15) is 51.7 Å². The highest BCUT2D eigenvalue weighted by Gasteiger charge is 2.31. The second-order valence-corrected chi connectivity index (χ2v) is 13.7. The summed E-state index contributed by atoms with van der Waals surface area (Å²) in [6.07, 6.45) is 2.58. The number of hydrogen-bond donors (Lipinski definition) is 2. The minimum absolute atomic E-state index is 0.315. The molecule has 0 fully saturated rings. The van der Waals surface area contributed by atoms with Gasteiger partial charge >= 0.3 is 7.60 Å². The van der Waals surface area contributed by atoms with Crippen LogP contribution in [-0.2, 0) is 22.5 Å². The van der Waals surface area contributed by atoms with Crippen LogP contribution in [0.4, 0.5) is 0 Å². The van der Waals surface area contributed by atoms with E-state index in [1.54, 1.807) is 54.3 Å². The van der Waals surface area contributed by atoms with Crippen molar-refractivity contribution in [2.45, 2.75) is 57.8 Å². The minimum atomic E-state index is -4.13. The third-order valence-corrected chi connectivity index (χ3v) is 10.5. The Balaban J connectivity index is 2.07. The van der Waals surface area contributed by atoms with Crippen molar-refractivity contribution in [1.29, 1.82) is 0 Å². The molecule has 2 rings (SSSR count). The predicted molar refractivity (Wildman–Crippen MR) is 147 cm³/mol. The van der Waals surface area contributed by atoms with Crippen LogP contribution in [-0.4, -0.2) is 38.9 Å². The SMILES string of the molecule is CCC(C)(N=[N+]=[N-])Oc1ccc(/C=N/N(C)[PH](=S)C(C)(CC)Oc2ccc(CP(=O)(O)O)cc2)cc1. The molecular formula is C23H33N5O5P2S. The molecule has 196 valence electrons. The smallest absolute Gasteiger partial charge is 0.329 e. The molecule has 10 nitrogen and oxygen atoms in total. The second-order valence-electron chi connectivity index (χ2n) is 8.62. The second kappa shape index (κ2) is 12.7. The summed E-state index contributed by atoms with van der Waals surface area (Å²) in [4.78, 5) is 21.2. The number of ether oxygens (including phenoxy) is 2. The topological polar surface area (TPSA) is 140 Å². The molecule has 0 aromatic heterocycles. The Labute approximate surface area is 217 Å². The zero-order chi connectivity index (χ0) is 27.0. The number of azide groups is 1. The molecule has 2 aromatic rings. The summed E-state index contributed by atoms with van der Waals surface area (Å²) in [7, 11) is -2.31. The third kappa shape index (κ3) is 8.93. The van der Waals surface area contributed by atoms with E-state index in [4.69, 9.17) is 36.6 Å². The van der Waals surface area contributed by atoms with Gasteiger partial charge in [0, 0.05) is 12.0 Å². The van der Waals surface area contributed by atoms with Crippen molar-refractivity contribution in [3.63, 3.8) is 0 Å². The molecule has 0 amide bonds. The standard InChI is InChI=1S/C23H33N5O5P2S/c1-6-22(3,26-27-24)32-20-12-8-18(9-13-20)16-25-28(5)34(36)23(4,7-2)33-21-14-10-19(11-15-21)17-35(29,30)31/h8-16,34H,6-7,17H2,1-5H3,(H2,29,30,31)/b25-16+. The summed E-state index contributed by atoms with van der Waals surface area (Å²) in [6, 6.07) is 14.0. The van der Waals surface area contributed by atoms with Crippen molar-refractivity contribution in [2.24, 2.45) is 10.2 Å². The fraction of sp³-hybridized carbons (Fsp3) is 0.435. The molecule has 0 aliphatic rings. The van der Waals surface area contributed by atoms with Gasteiger partial charge in [-0.25, -0.2) is 0 Å². The minimum Gasteiger partial charge on any atom is -0.481 e. The van der Waals surface area contributed by atoms with Crippen LogP contribution in [0.5, 0.6) is 11.5 Å². The van der Waals surface area contributed by atoms with E-state index in [9.17, 15) is 4.57 Å². The first-order valence-corrected chi connectivity index (χ1v) is 15.7. The fourth-order valence-electron chi connectivity index (χ4n) is 3.11. The maximum atomic E-state index is 11.2. The fourth-order valence-corrected chi connectivity index (χ4v) is 5.85. The van der Waals surface area contributed by atoms with Crippen molar-refractivity contribution < 1.29 is 23.8 Å². The zero-order valence-electron chi connectivity index (χ0n) is 21.0. The van der Waals surface area contributed by atoms with E-state index in [2.05, 4.69) is 15.1 Å². The number of nitrogens with zero attached hydrogens (tertiary/aromatic N) is 5. The van der Waals surface area contributed by atoms with Gasteiger partial charge < -0.3 is 19.3 Å². The molecule has 3 unspecified atom stereocenters. The van der Waals surface area contributed by atoms with Gasteiger partial charge in [0.05, 0.1) is 19.2 Å². The monoisotopic (exact) mass is 553 g/mol. The van der Waals surface area contributed by atoms with Gasteiger partial charge in [0.1, 0.15) is 16.8 Å². The van der Waals surface area contributed by atoms with Gasteiger partial charge in [0.25, 0.3) is 0 Å². The van der Waals surface area contributed by atoms with Crippen molar-refractivity contribution in [1.82, 2.24) is 4.78 Å². The van der Waals surface area contributed by atoms with Crippen molar-refractivity contribution in [3.8, 4) is 11.5 Å². The normalized spacial score (nSPS) is 15.9. The molecule has 0 heterocycles. The molecule has 0 aliphatic heterocycles. The lowest BCUT2D eigenvalue weighted by atomic mass is 10.2. The zero-order valence-corrected chi connectivity index (χ0v) is 23.7. The Morgan fingerprint density at radius 3 is 2.14 bits per heavy atom. The van der Waals surface area contributed by atoms with E-state index < -0.39 is 25.5 Å². The Hall–Kier alpha value is -2.38. The summed E-state index contributed by atoms with van der Waals surface area (Å²) < 4.78 is 25.0. The molecule has 3 atom stereocenters. The maximum Gasteiger partial charge on any atom is 0.329 e. The Morgan fingerprint density at radius 2 is 1.64 bits per heavy atom. The molecule has 2 N–H and O–H groups in total. The molecule has 13 heteroatoms. The summed E-state index contributed by atoms with van der Waals surface area (Å²) in [5.41, 5.74) is 9.18. The van der Waals surface area contributed by atoms with Gasteiger partial charge in [-0.2, -0.15) is 5.10 Å². The van der Waals surface area contributed by atoms with Crippen molar-refractivity contribution in [3.05, 3.63) is 70.1 Å². The number of rotatable bonds is 13. The van der Waals surface area contributed by atoms with Gasteiger partial charge in [-0.1, -0.05) is 37.8 Å². The molecule has 0 saturated heterocycles. The highest BCUT2D eigenvalue weighted by atomic mass is 32.4. The lowest BCUT2D eigenvalue weighted by Crippen LogP contribution is -2.30. The number of hydrazone groups is 1. The van der Waals surface area contributed by atoms with Crippen LogP contribution >= 0.6 is 14.4 Å². The lowest BCUT2D eigenvalue weighted by molar-refractivity contribution is 0.0921. The van der Waals surface area contributed by atoms with Gasteiger partial charge in [-0.3, -0.25) is 9.34 Å². The van der Waals surface area contributed by atoms with E-state index in [0.717, 1.165) is 5.56 Å². The summed E-state index contributed by atoms with van der Waals surface area (Å²) in [5.74, 6) is 1.16. The quantitative estimate of drug-likeness (QED) is 0.0747.